The van der Waals surface area contributed by atoms with Crippen LogP contribution in [0, 0.1) is 5.41 Å². The summed E-state index contributed by atoms with van der Waals surface area (Å²) in [5, 5.41) is 0.836. The second-order valence-electron chi connectivity index (χ2n) is 6.16. The highest BCUT2D eigenvalue weighted by Crippen LogP contribution is 2.53. The van der Waals surface area contributed by atoms with Gasteiger partial charge in [0.1, 0.15) is 5.75 Å². The molecule has 1 atom stereocenters. The monoisotopic (exact) mass is 342 g/mol. The van der Waals surface area contributed by atoms with Gasteiger partial charge in [-0.15, -0.1) is 0 Å². The highest BCUT2D eigenvalue weighted by atomic mass is 79.9. The second-order valence-corrected chi connectivity index (χ2v) is 7.51. The first-order valence-electron chi connectivity index (χ1n) is 7.19. The van der Waals surface area contributed by atoms with Crippen molar-refractivity contribution in [2.75, 3.05) is 6.61 Å². The van der Waals surface area contributed by atoms with E-state index in [1.54, 1.807) is 0 Å². The van der Waals surface area contributed by atoms with Crippen LogP contribution in [0.2, 0.25) is 5.02 Å². The van der Waals surface area contributed by atoms with E-state index in [0.717, 1.165) is 23.8 Å². The molecule has 0 aromatic heterocycles. The lowest BCUT2D eigenvalue weighted by molar-refractivity contribution is 0.210. The highest BCUT2D eigenvalue weighted by Gasteiger charge is 2.37. The molecule has 2 aliphatic rings. The molecule has 1 unspecified atom stereocenters. The van der Waals surface area contributed by atoms with Gasteiger partial charge in [-0.05, 0) is 36.0 Å². The Bertz CT molecular complexity index is 480. The fourth-order valence-corrected chi connectivity index (χ4v) is 4.52. The minimum atomic E-state index is 0.322. The number of hydrogen-bond donors (Lipinski definition) is 0. The summed E-state index contributed by atoms with van der Waals surface area (Å²) in [6.45, 7) is 3.19. The minimum absolute atomic E-state index is 0.322. The summed E-state index contributed by atoms with van der Waals surface area (Å²) in [6, 6.07) is 4.14. The predicted molar refractivity (Wildman–Crippen MR) is 83.5 cm³/mol. The SMILES string of the molecule is CC1(C(Br)c2cc(Cl)cc3c2OCC3)CCCCC1. The van der Waals surface area contributed by atoms with E-state index in [-0.39, 0.29) is 0 Å². The summed E-state index contributed by atoms with van der Waals surface area (Å²) in [7, 11) is 0. The van der Waals surface area contributed by atoms with Gasteiger partial charge in [0.2, 0.25) is 0 Å². The van der Waals surface area contributed by atoms with Crippen molar-refractivity contribution in [2.24, 2.45) is 5.41 Å². The standard InChI is InChI=1S/C16H20BrClO/c1-16(6-3-2-4-7-16)15(17)13-10-12(18)9-11-5-8-19-14(11)13/h9-10,15H,2-8H2,1H3. The Hall–Kier alpha value is -0.210. The van der Waals surface area contributed by atoms with Gasteiger partial charge < -0.3 is 4.74 Å². The molecule has 0 saturated heterocycles. The average Bonchev–Trinajstić information content (AvgIpc) is 2.85. The van der Waals surface area contributed by atoms with Gasteiger partial charge in [-0.2, -0.15) is 0 Å². The molecule has 0 amide bonds. The quantitative estimate of drug-likeness (QED) is 0.628. The van der Waals surface area contributed by atoms with Crippen LogP contribution in [0.1, 0.15) is 55.0 Å². The zero-order chi connectivity index (χ0) is 13.5. The third-order valence-corrected chi connectivity index (χ3v) is 6.47. The van der Waals surface area contributed by atoms with Crippen molar-refractivity contribution in [1.29, 1.82) is 0 Å². The van der Waals surface area contributed by atoms with E-state index < -0.39 is 0 Å². The van der Waals surface area contributed by atoms with Gasteiger partial charge >= 0.3 is 0 Å². The molecule has 1 aliphatic carbocycles. The fraction of sp³-hybridized carbons (Fsp3) is 0.625. The van der Waals surface area contributed by atoms with Gasteiger partial charge in [0.05, 0.1) is 6.61 Å². The summed E-state index contributed by atoms with van der Waals surface area (Å²) in [4.78, 5) is 0.339. The summed E-state index contributed by atoms with van der Waals surface area (Å²) >= 11 is 10.2. The van der Waals surface area contributed by atoms with Crippen LogP contribution in [-0.2, 0) is 6.42 Å². The molecule has 1 nitrogen and oxygen atoms in total. The predicted octanol–water partition coefficient (Wildman–Crippen LogP) is 5.68. The Morgan fingerprint density at radius 2 is 2.00 bits per heavy atom. The number of halogens is 2. The molecular weight excluding hydrogens is 324 g/mol. The zero-order valence-corrected chi connectivity index (χ0v) is 13.7. The first-order chi connectivity index (χ1) is 9.10. The normalized spacial score (nSPS) is 22.7. The summed E-state index contributed by atoms with van der Waals surface area (Å²) in [6.07, 6.45) is 7.59. The summed E-state index contributed by atoms with van der Waals surface area (Å²) in [5.41, 5.74) is 2.85. The minimum Gasteiger partial charge on any atom is -0.493 e. The van der Waals surface area contributed by atoms with Crippen molar-refractivity contribution in [3.8, 4) is 5.75 Å². The summed E-state index contributed by atoms with van der Waals surface area (Å²) < 4.78 is 5.85. The maximum atomic E-state index is 6.28. The lowest BCUT2D eigenvalue weighted by Gasteiger charge is -2.38. The van der Waals surface area contributed by atoms with Gasteiger partial charge in [0.25, 0.3) is 0 Å². The van der Waals surface area contributed by atoms with Crippen LogP contribution in [0.4, 0.5) is 0 Å². The largest absolute Gasteiger partial charge is 0.493 e. The van der Waals surface area contributed by atoms with E-state index in [1.165, 1.54) is 43.2 Å². The molecule has 0 N–H and O–H groups in total. The first kappa shape index (κ1) is 13.8. The Morgan fingerprint density at radius 3 is 2.74 bits per heavy atom. The molecule has 1 aliphatic heterocycles. The van der Waals surface area contributed by atoms with Crippen molar-refractivity contribution in [2.45, 2.75) is 50.3 Å². The second kappa shape index (κ2) is 5.29. The van der Waals surface area contributed by atoms with E-state index in [4.69, 9.17) is 16.3 Å². The average molecular weight is 344 g/mol. The Morgan fingerprint density at radius 1 is 1.26 bits per heavy atom. The van der Waals surface area contributed by atoms with Gasteiger partial charge in [0, 0.05) is 21.8 Å². The molecule has 0 spiro atoms. The number of benzene rings is 1. The van der Waals surface area contributed by atoms with E-state index >= 15 is 0 Å². The zero-order valence-electron chi connectivity index (χ0n) is 11.3. The number of rotatable bonds is 2. The Kier molecular flexibility index (Phi) is 3.83. The maximum absolute atomic E-state index is 6.28. The van der Waals surface area contributed by atoms with E-state index in [2.05, 4.69) is 35.0 Å². The molecule has 0 bridgehead atoms. The smallest absolute Gasteiger partial charge is 0.127 e. The van der Waals surface area contributed by atoms with Gasteiger partial charge in [-0.1, -0.05) is 53.7 Å². The Labute approximate surface area is 128 Å². The fourth-order valence-electron chi connectivity index (χ4n) is 3.47. The van der Waals surface area contributed by atoms with Gasteiger partial charge in [-0.25, -0.2) is 0 Å². The van der Waals surface area contributed by atoms with Crippen LogP contribution in [0.5, 0.6) is 5.75 Å². The van der Waals surface area contributed by atoms with Gasteiger partial charge in [-0.3, -0.25) is 0 Å². The molecule has 3 rings (SSSR count). The van der Waals surface area contributed by atoms with E-state index in [1.807, 2.05) is 0 Å². The van der Waals surface area contributed by atoms with Crippen LogP contribution >= 0.6 is 27.5 Å². The highest BCUT2D eigenvalue weighted by molar-refractivity contribution is 9.09. The molecule has 1 aromatic carbocycles. The molecule has 1 saturated carbocycles. The molecule has 1 fully saturated rings. The van der Waals surface area contributed by atoms with Crippen molar-refractivity contribution < 1.29 is 4.74 Å². The van der Waals surface area contributed by atoms with Crippen molar-refractivity contribution in [3.63, 3.8) is 0 Å². The molecule has 1 heterocycles. The molecular formula is C16H20BrClO. The maximum Gasteiger partial charge on any atom is 0.127 e. The third kappa shape index (κ3) is 2.54. The number of fused-ring (bicyclic) bond motifs is 1. The number of alkyl halides is 1. The lowest BCUT2D eigenvalue weighted by Crippen LogP contribution is -2.25. The van der Waals surface area contributed by atoms with Crippen LogP contribution in [0.15, 0.2) is 12.1 Å². The van der Waals surface area contributed by atoms with E-state index in [9.17, 15) is 0 Å². The van der Waals surface area contributed by atoms with Crippen LogP contribution in [-0.4, -0.2) is 6.61 Å². The van der Waals surface area contributed by atoms with Crippen LogP contribution < -0.4 is 4.74 Å². The molecule has 19 heavy (non-hydrogen) atoms. The molecule has 104 valence electrons. The van der Waals surface area contributed by atoms with Crippen LogP contribution in [0.25, 0.3) is 0 Å². The molecule has 1 aromatic rings. The first-order valence-corrected chi connectivity index (χ1v) is 8.49. The Balaban J connectivity index is 1.97. The molecule has 3 heteroatoms. The van der Waals surface area contributed by atoms with Crippen molar-refractivity contribution in [1.82, 2.24) is 0 Å². The van der Waals surface area contributed by atoms with Gasteiger partial charge in [0.15, 0.2) is 0 Å². The van der Waals surface area contributed by atoms with Crippen molar-refractivity contribution >= 4 is 27.5 Å². The summed E-state index contributed by atoms with van der Waals surface area (Å²) in [5.74, 6) is 1.08. The lowest BCUT2D eigenvalue weighted by atomic mass is 9.71. The number of hydrogen-bond acceptors (Lipinski definition) is 1. The topological polar surface area (TPSA) is 9.23 Å². The number of ether oxygens (including phenoxy) is 1. The van der Waals surface area contributed by atoms with Crippen molar-refractivity contribution in [3.05, 3.63) is 28.3 Å². The molecule has 0 radical (unpaired) electrons. The third-order valence-electron chi connectivity index (χ3n) is 4.66. The van der Waals surface area contributed by atoms with Crippen LogP contribution in [0.3, 0.4) is 0 Å². The van der Waals surface area contributed by atoms with E-state index in [0.29, 0.717) is 10.2 Å².